The number of amides is 2. The van der Waals surface area contributed by atoms with Gasteiger partial charge in [0.2, 0.25) is 5.91 Å². The zero-order chi connectivity index (χ0) is 19.1. The van der Waals surface area contributed by atoms with E-state index in [2.05, 4.69) is 15.4 Å². The quantitative estimate of drug-likeness (QED) is 0.776. The fourth-order valence-electron chi connectivity index (χ4n) is 2.22. The highest BCUT2D eigenvalue weighted by Crippen LogP contribution is 2.13. The van der Waals surface area contributed by atoms with Crippen LogP contribution in [-0.4, -0.2) is 50.4 Å². The summed E-state index contributed by atoms with van der Waals surface area (Å²) >= 11 is 0. The summed E-state index contributed by atoms with van der Waals surface area (Å²) in [6.07, 6.45) is 0. The van der Waals surface area contributed by atoms with Crippen molar-refractivity contribution in [1.82, 2.24) is 4.90 Å². The summed E-state index contributed by atoms with van der Waals surface area (Å²) in [5.74, 6) is -0.791. The van der Waals surface area contributed by atoms with Crippen molar-refractivity contribution in [3.05, 3.63) is 59.7 Å². The number of esters is 1. The predicted octanol–water partition coefficient (Wildman–Crippen LogP) is 2.23. The molecule has 7 nitrogen and oxygen atoms in total. The minimum atomic E-state index is -0.439. The van der Waals surface area contributed by atoms with Gasteiger partial charge < -0.3 is 20.3 Å². The summed E-state index contributed by atoms with van der Waals surface area (Å²) in [6, 6.07) is 13.4. The Morgan fingerprint density at radius 3 is 2.27 bits per heavy atom. The number of benzene rings is 2. The number of rotatable bonds is 6. The number of hydrogen-bond donors (Lipinski definition) is 2. The number of nitrogens with zero attached hydrogens (tertiary/aromatic N) is 1. The van der Waals surface area contributed by atoms with Crippen molar-refractivity contribution in [2.45, 2.75) is 0 Å². The van der Waals surface area contributed by atoms with Crippen LogP contribution < -0.4 is 10.6 Å². The summed E-state index contributed by atoms with van der Waals surface area (Å²) < 4.78 is 4.66. The van der Waals surface area contributed by atoms with E-state index in [0.29, 0.717) is 22.5 Å². The highest BCUT2D eigenvalue weighted by molar-refractivity contribution is 5.96. The van der Waals surface area contributed by atoms with Crippen LogP contribution in [0.1, 0.15) is 20.7 Å². The normalized spacial score (nSPS) is 9.96. The molecule has 0 heterocycles. The first kappa shape index (κ1) is 19.0. The molecule has 0 fully saturated rings. The van der Waals surface area contributed by atoms with E-state index in [-0.39, 0.29) is 18.4 Å². The van der Waals surface area contributed by atoms with Crippen molar-refractivity contribution >= 4 is 29.2 Å². The molecular formula is C19H21N3O4. The van der Waals surface area contributed by atoms with Gasteiger partial charge in [0.05, 0.1) is 19.2 Å². The Morgan fingerprint density at radius 2 is 1.65 bits per heavy atom. The number of anilines is 2. The molecule has 2 aromatic rings. The smallest absolute Gasteiger partial charge is 0.337 e. The third kappa shape index (κ3) is 5.07. The van der Waals surface area contributed by atoms with Crippen LogP contribution in [-0.2, 0) is 9.53 Å². The van der Waals surface area contributed by atoms with Gasteiger partial charge in [-0.2, -0.15) is 0 Å². The standard InChI is InChI=1S/C19H21N3O4/c1-22(2)18(24)13-7-9-15(10-8-13)21-17(23)12-20-16-6-4-5-14(11-16)19(25)26-3/h4-11,20H,12H2,1-3H3,(H,21,23). The van der Waals surface area contributed by atoms with Crippen LogP contribution in [0.3, 0.4) is 0 Å². The minimum absolute atomic E-state index is 0.0308. The number of carbonyl (C=O) groups is 3. The van der Waals surface area contributed by atoms with Gasteiger partial charge in [-0.15, -0.1) is 0 Å². The van der Waals surface area contributed by atoms with Crippen LogP contribution in [0.2, 0.25) is 0 Å². The highest BCUT2D eigenvalue weighted by Gasteiger charge is 2.09. The van der Waals surface area contributed by atoms with Gasteiger partial charge in [-0.25, -0.2) is 4.79 Å². The second-order valence-electron chi connectivity index (χ2n) is 5.75. The largest absolute Gasteiger partial charge is 0.465 e. The molecule has 0 aliphatic rings. The van der Waals surface area contributed by atoms with E-state index in [0.717, 1.165) is 0 Å². The van der Waals surface area contributed by atoms with E-state index in [1.807, 2.05) is 0 Å². The molecule has 136 valence electrons. The van der Waals surface area contributed by atoms with Crippen LogP contribution in [0, 0.1) is 0 Å². The molecule has 0 unspecified atom stereocenters. The zero-order valence-electron chi connectivity index (χ0n) is 14.9. The maximum atomic E-state index is 12.0. The fraction of sp³-hybridized carbons (Fsp3) is 0.211. The van der Waals surface area contributed by atoms with Crippen molar-refractivity contribution in [3.8, 4) is 0 Å². The monoisotopic (exact) mass is 355 g/mol. The molecule has 0 bridgehead atoms. The van der Waals surface area contributed by atoms with Crippen molar-refractivity contribution < 1.29 is 19.1 Å². The van der Waals surface area contributed by atoms with Crippen LogP contribution >= 0.6 is 0 Å². The van der Waals surface area contributed by atoms with Crippen molar-refractivity contribution in [1.29, 1.82) is 0 Å². The number of ether oxygens (including phenoxy) is 1. The van der Waals surface area contributed by atoms with Gasteiger partial charge in [0.25, 0.3) is 5.91 Å². The van der Waals surface area contributed by atoms with E-state index in [1.54, 1.807) is 62.6 Å². The minimum Gasteiger partial charge on any atom is -0.465 e. The van der Waals surface area contributed by atoms with E-state index < -0.39 is 5.97 Å². The Kier molecular flexibility index (Phi) is 6.32. The van der Waals surface area contributed by atoms with Gasteiger partial charge in [-0.05, 0) is 42.5 Å². The topological polar surface area (TPSA) is 87.7 Å². The molecule has 2 aromatic carbocycles. The molecule has 2 rings (SSSR count). The predicted molar refractivity (Wildman–Crippen MR) is 99.4 cm³/mol. The lowest BCUT2D eigenvalue weighted by Crippen LogP contribution is -2.23. The molecule has 0 aliphatic carbocycles. The molecule has 7 heteroatoms. The molecule has 0 aliphatic heterocycles. The second kappa shape index (κ2) is 8.66. The molecular weight excluding hydrogens is 334 g/mol. The van der Waals surface area contributed by atoms with Gasteiger partial charge in [0, 0.05) is 31.0 Å². The summed E-state index contributed by atoms with van der Waals surface area (Å²) in [5, 5.41) is 5.69. The summed E-state index contributed by atoms with van der Waals surface area (Å²) in [6.45, 7) is 0.0308. The van der Waals surface area contributed by atoms with Crippen molar-refractivity contribution in [2.24, 2.45) is 0 Å². The fourth-order valence-corrected chi connectivity index (χ4v) is 2.22. The first-order valence-corrected chi connectivity index (χ1v) is 7.94. The van der Waals surface area contributed by atoms with Gasteiger partial charge in [0.1, 0.15) is 0 Å². The molecule has 0 radical (unpaired) electrons. The van der Waals surface area contributed by atoms with Crippen molar-refractivity contribution in [2.75, 3.05) is 38.4 Å². The average molecular weight is 355 g/mol. The van der Waals surface area contributed by atoms with Crippen LogP contribution in [0.4, 0.5) is 11.4 Å². The van der Waals surface area contributed by atoms with Crippen LogP contribution in [0.5, 0.6) is 0 Å². The van der Waals surface area contributed by atoms with Gasteiger partial charge in [0.15, 0.2) is 0 Å². The summed E-state index contributed by atoms with van der Waals surface area (Å²) in [5.41, 5.74) is 2.18. The molecule has 0 atom stereocenters. The number of carbonyl (C=O) groups excluding carboxylic acids is 3. The number of nitrogens with one attached hydrogen (secondary N) is 2. The number of hydrogen-bond acceptors (Lipinski definition) is 5. The Morgan fingerprint density at radius 1 is 0.962 bits per heavy atom. The molecule has 26 heavy (non-hydrogen) atoms. The molecule has 0 aromatic heterocycles. The first-order valence-electron chi connectivity index (χ1n) is 7.94. The lowest BCUT2D eigenvalue weighted by Gasteiger charge is -2.11. The molecule has 2 amide bonds. The van der Waals surface area contributed by atoms with E-state index in [1.165, 1.54) is 12.0 Å². The Balaban J connectivity index is 1.91. The van der Waals surface area contributed by atoms with Crippen LogP contribution in [0.15, 0.2) is 48.5 Å². The molecule has 2 N–H and O–H groups in total. The summed E-state index contributed by atoms with van der Waals surface area (Å²) in [4.78, 5) is 36.9. The Hall–Kier alpha value is -3.35. The molecule has 0 saturated heterocycles. The zero-order valence-corrected chi connectivity index (χ0v) is 14.9. The van der Waals surface area contributed by atoms with Gasteiger partial charge in [-0.3, -0.25) is 9.59 Å². The van der Waals surface area contributed by atoms with Crippen LogP contribution in [0.25, 0.3) is 0 Å². The maximum absolute atomic E-state index is 12.0. The second-order valence-corrected chi connectivity index (χ2v) is 5.75. The molecule has 0 spiro atoms. The lowest BCUT2D eigenvalue weighted by atomic mass is 10.2. The third-order valence-corrected chi connectivity index (χ3v) is 3.56. The maximum Gasteiger partial charge on any atom is 0.337 e. The molecule has 0 saturated carbocycles. The Labute approximate surface area is 152 Å². The Bertz CT molecular complexity index is 801. The first-order chi connectivity index (χ1) is 12.4. The van der Waals surface area contributed by atoms with E-state index >= 15 is 0 Å². The van der Waals surface area contributed by atoms with Gasteiger partial charge in [-0.1, -0.05) is 6.07 Å². The van der Waals surface area contributed by atoms with E-state index in [9.17, 15) is 14.4 Å². The van der Waals surface area contributed by atoms with Crippen molar-refractivity contribution in [3.63, 3.8) is 0 Å². The third-order valence-electron chi connectivity index (χ3n) is 3.56. The highest BCUT2D eigenvalue weighted by atomic mass is 16.5. The summed E-state index contributed by atoms with van der Waals surface area (Å²) in [7, 11) is 4.67. The van der Waals surface area contributed by atoms with Gasteiger partial charge >= 0.3 is 5.97 Å². The average Bonchev–Trinajstić information content (AvgIpc) is 2.66. The lowest BCUT2D eigenvalue weighted by molar-refractivity contribution is -0.114. The number of methoxy groups -OCH3 is 1. The SMILES string of the molecule is COC(=O)c1cccc(NCC(=O)Nc2ccc(C(=O)N(C)C)cc2)c1. The van der Waals surface area contributed by atoms with E-state index in [4.69, 9.17) is 0 Å².